The second kappa shape index (κ2) is 7.61. The van der Waals surface area contributed by atoms with E-state index in [4.69, 9.17) is 15.5 Å². The Morgan fingerprint density at radius 1 is 1.19 bits per heavy atom. The highest BCUT2D eigenvalue weighted by molar-refractivity contribution is 6.62. The third-order valence-corrected chi connectivity index (χ3v) is 4.31. The Morgan fingerprint density at radius 3 is 2.52 bits per heavy atom. The van der Waals surface area contributed by atoms with E-state index in [-0.39, 0.29) is 12.0 Å². The van der Waals surface area contributed by atoms with Crippen LogP contribution in [0, 0.1) is 0 Å². The zero-order valence-corrected chi connectivity index (χ0v) is 14.2. The second-order valence-corrected chi connectivity index (χ2v) is 6.14. The summed E-state index contributed by atoms with van der Waals surface area (Å²) < 4.78 is 5.23. The molecule has 0 saturated carbocycles. The number of nitrogens with two attached hydrogens (primary N) is 1. The molecule has 0 fully saturated rings. The lowest BCUT2D eigenvalue weighted by atomic mass is 9.78. The molecule has 0 bridgehead atoms. The molecule has 0 saturated heterocycles. The van der Waals surface area contributed by atoms with Crippen LogP contribution in [0.5, 0.6) is 0 Å². The number of nitrogens with one attached hydrogen (secondary N) is 1. The van der Waals surface area contributed by atoms with Crippen LogP contribution >= 0.6 is 0 Å². The topological polar surface area (TPSA) is 139 Å². The van der Waals surface area contributed by atoms with E-state index in [1.165, 1.54) is 18.2 Å². The number of carboxylic acids is 1. The number of carbonyl (C=O) groups is 3. The van der Waals surface area contributed by atoms with Gasteiger partial charge in [-0.1, -0.05) is 36.4 Å². The fraction of sp³-hybridized carbons (Fsp3) is 0.167. The van der Waals surface area contributed by atoms with Crippen molar-refractivity contribution < 1.29 is 29.2 Å². The molecule has 0 aromatic heterocycles. The molecule has 0 radical (unpaired) electrons. The summed E-state index contributed by atoms with van der Waals surface area (Å²) in [6.45, 7) is 0. The molecule has 2 aromatic carbocycles. The molecule has 1 heterocycles. The average molecular weight is 368 g/mol. The Kier molecular flexibility index (Phi) is 5.25. The smallest absolute Gasteiger partial charge is 0.481 e. The first kappa shape index (κ1) is 18.6. The van der Waals surface area contributed by atoms with Gasteiger partial charge in [-0.2, -0.15) is 0 Å². The number of primary amides is 1. The molecular formula is C18H17BN2O6. The van der Waals surface area contributed by atoms with E-state index in [1.54, 1.807) is 30.3 Å². The molecule has 8 nitrogen and oxygen atoms in total. The van der Waals surface area contributed by atoms with E-state index in [1.807, 2.05) is 0 Å². The predicted octanol–water partition coefficient (Wildman–Crippen LogP) is -0.123. The van der Waals surface area contributed by atoms with Crippen molar-refractivity contribution in [2.24, 2.45) is 5.73 Å². The van der Waals surface area contributed by atoms with Gasteiger partial charge in [0.05, 0.1) is 12.5 Å². The quantitative estimate of drug-likeness (QED) is 0.524. The van der Waals surface area contributed by atoms with Crippen LogP contribution in [0.1, 0.15) is 40.1 Å². The molecule has 138 valence electrons. The number of hydrogen-bond donors (Lipinski definition) is 4. The Labute approximate surface area is 155 Å². The molecule has 2 atom stereocenters. The van der Waals surface area contributed by atoms with Gasteiger partial charge in [-0.05, 0) is 28.7 Å². The molecular weight excluding hydrogens is 351 g/mol. The van der Waals surface area contributed by atoms with Crippen LogP contribution in [0.2, 0.25) is 0 Å². The van der Waals surface area contributed by atoms with E-state index in [0.29, 0.717) is 16.6 Å². The predicted molar refractivity (Wildman–Crippen MR) is 96.0 cm³/mol. The highest BCUT2D eigenvalue weighted by atomic mass is 16.5. The fourth-order valence-corrected chi connectivity index (χ4v) is 3.02. The van der Waals surface area contributed by atoms with Gasteiger partial charge in [0.25, 0.3) is 5.91 Å². The first-order chi connectivity index (χ1) is 12.9. The van der Waals surface area contributed by atoms with Crippen molar-refractivity contribution in [3.63, 3.8) is 0 Å². The highest BCUT2D eigenvalue weighted by Gasteiger charge is 2.36. The number of carbonyl (C=O) groups excluding carboxylic acids is 2. The SMILES string of the molecule is NC(=O)C(NC(=O)c1ccc2c(c1)B(O)OC2CC(=O)O)c1ccccc1. The van der Waals surface area contributed by atoms with Gasteiger partial charge in [0.15, 0.2) is 0 Å². The van der Waals surface area contributed by atoms with E-state index >= 15 is 0 Å². The van der Waals surface area contributed by atoms with E-state index < -0.39 is 37.0 Å². The van der Waals surface area contributed by atoms with Crippen molar-refractivity contribution in [1.29, 1.82) is 0 Å². The minimum absolute atomic E-state index is 0.189. The number of fused-ring (bicyclic) bond motifs is 1. The first-order valence-corrected chi connectivity index (χ1v) is 8.21. The lowest BCUT2D eigenvalue weighted by Crippen LogP contribution is -2.38. The molecule has 2 amide bonds. The summed E-state index contributed by atoms with van der Waals surface area (Å²) in [6.07, 6.45) is -1.08. The lowest BCUT2D eigenvalue weighted by Gasteiger charge is -2.16. The number of benzene rings is 2. The van der Waals surface area contributed by atoms with Crippen molar-refractivity contribution >= 4 is 30.4 Å². The van der Waals surface area contributed by atoms with Gasteiger partial charge in [-0.25, -0.2) is 0 Å². The van der Waals surface area contributed by atoms with Gasteiger partial charge in [0, 0.05) is 5.56 Å². The summed E-state index contributed by atoms with van der Waals surface area (Å²) in [6, 6.07) is 12.0. The van der Waals surface area contributed by atoms with Crippen LogP contribution in [0.15, 0.2) is 48.5 Å². The normalized spacial score (nSPS) is 16.5. The van der Waals surface area contributed by atoms with Crippen molar-refractivity contribution in [1.82, 2.24) is 5.32 Å². The number of amides is 2. The van der Waals surface area contributed by atoms with E-state index in [2.05, 4.69) is 5.32 Å². The standard InChI is InChI=1S/C18H17BN2O6/c20-17(24)16(10-4-2-1-3-5-10)21-18(25)11-6-7-12-13(8-11)19(26)27-14(12)9-15(22)23/h1-8,14,16,26H,9H2,(H2,20,24)(H,21,25)(H,22,23). The third kappa shape index (κ3) is 3.99. The van der Waals surface area contributed by atoms with Gasteiger partial charge in [0.2, 0.25) is 5.91 Å². The van der Waals surface area contributed by atoms with Crippen LogP contribution in [0.25, 0.3) is 0 Å². The minimum atomic E-state index is -1.32. The summed E-state index contributed by atoms with van der Waals surface area (Å²) in [5.74, 6) is -2.33. The molecule has 2 aromatic rings. The molecule has 0 aliphatic carbocycles. The molecule has 0 spiro atoms. The van der Waals surface area contributed by atoms with Crippen LogP contribution < -0.4 is 16.5 Å². The van der Waals surface area contributed by atoms with Crippen molar-refractivity contribution in [2.75, 3.05) is 0 Å². The first-order valence-electron chi connectivity index (χ1n) is 8.21. The van der Waals surface area contributed by atoms with Gasteiger partial charge in [-0.15, -0.1) is 0 Å². The summed E-state index contributed by atoms with van der Waals surface area (Å²) >= 11 is 0. The molecule has 5 N–H and O–H groups in total. The number of carboxylic acid groups (broad SMARTS) is 1. The second-order valence-electron chi connectivity index (χ2n) is 6.14. The Hall–Kier alpha value is -3.17. The average Bonchev–Trinajstić information content (AvgIpc) is 2.94. The van der Waals surface area contributed by atoms with Crippen molar-refractivity contribution in [3.05, 3.63) is 65.2 Å². The molecule has 1 aliphatic rings. The maximum atomic E-state index is 12.6. The lowest BCUT2D eigenvalue weighted by molar-refractivity contribution is -0.138. The Morgan fingerprint density at radius 2 is 1.89 bits per heavy atom. The number of aliphatic carboxylic acids is 1. The zero-order valence-electron chi connectivity index (χ0n) is 14.2. The van der Waals surface area contributed by atoms with Gasteiger partial charge in [-0.3, -0.25) is 14.4 Å². The Bertz CT molecular complexity index is 889. The molecule has 2 unspecified atom stereocenters. The monoisotopic (exact) mass is 368 g/mol. The maximum Gasteiger partial charge on any atom is 0.492 e. The van der Waals surface area contributed by atoms with Crippen LogP contribution in [0.4, 0.5) is 0 Å². The van der Waals surface area contributed by atoms with Crippen LogP contribution in [0.3, 0.4) is 0 Å². The van der Waals surface area contributed by atoms with E-state index in [9.17, 15) is 19.4 Å². The Balaban J connectivity index is 1.82. The van der Waals surface area contributed by atoms with E-state index in [0.717, 1.165) is 0 Å². The van der Waals surface area contributed by atoms with Gasteiger partial charge >= 0.3 is 13.1 Å². The largest absolute Gasteiger partial charge is 0.492 e. The van der Waals surface area contributed by atoms with Gasteiger partial charge < -0.3 is 25.8 Å². The molecule has 3 rings (SSSR count). The van der Waals surface area contributed by atoms with Gasteiger partial charge in [0.1, 0.15) is 6.04 Å². The maximum absolute atomic E-state index is 12.6. The molecule has 27 heavy (non-hydrogen) atoms. The number of hydrogen-bond acceptors (Lipinski definition) is 5. The summed E-state index contributed by atoms with van der Waals surface area (Å²) in [7, 11) is -1.32. The third-order valence-electron chi connectivity index (χ3n) is 4.31. The summed E-state index contributed by atoms with van der Waals surface area (Å²) in [5.41, 5.74) is 6.97. The minimum Gasteiger partial charge on any atom is -0.481 e. The number of rotatable bonds is 6. The van der Waals surface area contributed by atoms with Crippen molar-refractivity contribution in [2.45, 2.75) is 18.6 Å². The molecule has 9 heteroatoms. The summed E-state index contributed by atoms with van der Waals surface area (Å²) in [4.78, 5) is 35.2. The highest BCUT2D eigenvalue weighted by Crippen LogP contribution is 2.27. The summed E-state index contributed by atoms with van der Waals surface area (Å²) in [5, 5.41) is 21.5. The fourth-order valence-electron chi connectivity index (χ4n) is 3.02. The van der Waals surface area contributed by atoms with Crippen LogP contribution in [-0.4, -0.2) is 35.0 Å². The van der Waals surface area contributed by atoms with Crippen LogP contribution in [-0.2, 0) is 14.2 Å². The molecule has 1 aliphatic heterocycles. The van der Waals surface area contributed by atoms with Crippen molar-refractivity contribution in [3.8, 4) is 0 Å². The zero-order chi connectivity index (χ0) is 19.6.